The van der Waals surface area contributed by atoms with Gasteiger partial charge in [-0.05, 0) is 30.0 Å². The van der Waals surface area contributed by atoms with Gasteiger partial charge >= 0.3 is 5.97 Å². The van der Waals surface area contributed by atoms with Crippen LogP contribution in [-0.2, 0) is 20.7 Å². The van der Waals surface area contributed by atoms with Crippen LogP contribution in [0.25, 0.3) is 22.3 Å². The highest BCUT2D eigenvalue weighted by atomic mass is 35.5. The monoisotopic (exact) mass is 386 g/mol. The highest BCUT2D eigenvalue weighted by Crippen LogP contribution is 2.31. The van der Waals surface area contributed by atoms with E-state index in [1.54, 1.807) is 6.20 Å². The Bertz CT molecular complexity index is 965. The van der Waals surface area contributed by atoms with Crippen LogP contribution in [0.3, 0.4) is 0 Å². The van der Waals surface area contributed by atoms with Gasteiger partial charge in [-0.2, -0.15) is 10.1 Å². The number of halogens is 1. The SMILES string of the molecule is COC(=O)Cc1ccc(-c2nc(Cl)nc3c2cnn3C2CCOCC2)cc1. The lowest BCUT2D eigenvalue weighted by Gasteiger charge is -2.22. The molecule has 0 N–H and O–H groups in total. The van der Waals surface area contributed by atoms with Crippen molar-refractivity contribution in [1.29, 1.82) is 0 Å². The van der Waals surface area contributed by atoms with Crippen LogP contribution in [0.5, 0.6) is 0 Å². The van der Waals surface area contributed by atoms with E-state index in [4.69, 9.17) is 21.1 Å². The zero-order valence-electron chi connectivity index (χ0n) is 14.9. The molecule has 1 aromatic carbocycles. The van der Waals surface area contributed by atoms with E-state index in [1.165, 1.54) is 7.11 Å². The topological polar surface area (TPSA) is 79.1 Å². The molecule has 1 aliphatic heterocycles. The molecule has 0 radical (unpaired) electrons. The molecule has 0 amide bonds. The largest absolute Gasteiger partial charge is 0.469 e. The summed E-state index contributed by atoms with van der Waals surface area (Å²) in [6.45, 7) is 1.44. The second-order valence-electron chi connectivity index (χ2n) is 6.46. The maximum Gasteiger partial charge on any atom is 0.309 e. The van der Waals surface area contributed by atoms with Gasteiger partial charge in [0.1, 0.15) is 0 Å². The smallest absolute Gasteiger partial charge is 0.309 e. The summed E-state index contributed by atoms with van der Waals surface area (Å²) in [4.78, 5) is 20.3. The van der Waals surface area contributed by atoms with Crippen molar-refractivity contribution in [2.24, 2.45) is 0 Å². The third-order valence-corrected chi connectivity index (χ3v) is 4.94. The highest BCUT2D eigenvalue weighted by Gasteiger charge is 2.21. The van der Waals surface area contributed by atoms with Crippen molar-refractivity contribution in [2.75, 3.05) is 20.3 Å². The number of rotatable bonds is 4. The summed E-state index contributed by atoms with van der Waals surface area (Å²) in [6, 6.07) is 7.86. The number of benzene rings is 1. The third-order valence-electron chi connectivity index (χ3n) is 4.77. The second kappa shape index (κ2) is 7.62. The molecule has 140 valence electrons. The van der Waals surface area contributed by atoms with Crippen molar-refractivity contribution < 1.29 is 14.3 Å². The normalized spacial score (nSPS) is 15.2. The van der Waals surface area contributed by atoms with Crippen LogP contribution in [0, 0.1) is 0 Å². The quantitative estimate of drug-likeness (QED) is 0.506. The Labute approximate surface area is 161 Å². The number of carbonyl (C=O) groups excluding carboxylic acids is 1. The first-order valence-corrected chi connectivity index (χ1v) is 9.18. The zero-order chi connectivity index (χ0) is 18.8. The van der Waals surface area contributed by atoms with Gasteiger partial charge in [0.2, 0.25) is 5.28 Å². The van der Waals surface area contributed by atoms with Crippen molar-refractivity contribution in [1.82, 2.24) is 19.7 Å². The molecule has 3 heterocycles. The molecule has 27 heavy (non-hydrogen) atoms. The molecule has 7 nitrogen and oxygen atoms in total. The van der Waals surface area contributed by atoms with Crippen LogP contribution < -0.4 is 0 Å². The molecular formula is C19H19ClN4O3. The number of methoxy groups -OCH3 is 1. The lowest BCUT2D eigenvalue weighted by atomic mass is 10.1. The Hall–Kier alpha value is -2.51. The number of esters is 1. The molecule has 0 bridgehead atoms. The van der Waals surface area contributed by atoms with Crippen LogP contribution in [0.1, 0.15) is 24.4 Å². The average Bonchev–Trinajstić information content (AvgIpc) is 3.12. The Morgan fingerprint density at radius 1 is 1.26 bits per heavy atom. The number of ether oxygens (including phenoxy) is 2. The second-order valence-corrected chi connectivity index (χ2v) is 6.80. The Morgan fingerprint density at radius 3 is 2.70 bits per heavy atom. The van der Waals surface area contributed by atoms with Crippen molar-refractivity contribution in [2.45, 2.75) is 25.3 Å². The van der Waals surface area contributed by atoms with E-state index in [-0.39, 0.29) is 23.7 Å². The first kappa shape index (κ1) is 17.9. The maximum absolute atomic E-state index is 11.4. The molecule has 4 rings (SSSR count). The molecule has 1 aliphatic rings. The minimum atomic E-state index is -0.270. The predicted octanol–water partition coefficient (Wildman–Crippen LogP) is 3.21. The molecule has 1 fully saturated rings. The number of aromatic nitrogens is 4. The van der Waals surface area contributed by atoms with Crippen molar-refractivity contribution in [3.63, 3.8) is 0 Å². The standard InChI is InChI=1S/C19H19ClN4O3/c1-26-16(25)10-12-2-4-13(5-3-12)17-15-11-21-24(14-6-8-27-9-7-14)18(15)23-19(20)22-17/h2-5,11,14H,6-10H2,1H3. The van der Waals surface area contributed by atoms with Crippen molar-refractivity contribution in [3.05, 3.63) is 41.3 Å². The molecule has 0 spiro atoms. The number of nitrogens with zero attached hydrogens (tertiary/aromatic N) is 4. The molecule has 1 saturated heterocycles. The molecule has 0 aliphatic carbocycles. The molecule has 0 atom stereocenters. The van der Waals surface area contributed by atoms with E-state index in [0.29, 0.717) is 0 Å². The number of fused-ring (bicyclic) bond motifs is 1. The van der Waals surface area contributed by atoms with E-state index in [9.17, 15) is 4.79 Å². The summed E-state index contributed by atoms with van der Waals surface area (Å²) in [7, 11) is 1.38. The minimum Gasteiger partial charge on any atom is -0.469 e. The Morgan fingerprint density at radius 2 is 2.00 bits per heavy atom. The van der Waals surface area contributed by atoms with Gasteiger partial charge in [0.05, 0.1) is 36.8 Å². The molecule has 3 aromatic rings. The summed E-state index contributed by atoms with van der Waals surface area (Å²) in [6.07, 6.45) is 3.82. The van der Waals surface area contributed by atoms with Crippen LogP contribution in [0.4, 0.5) is 0 Å². The van der Waals surface area contributed by atoms with Crippen LogP contribution in [0.15, 0.2) is 30.5 Å². The van der Waals surface area contributed by atoms with E-state index >= 15 is 0 Å². The molecule has 8 heteroatoms. The van der Waals surface area contributed by atoms with Gasteiger partial charge in [0.15, 0.2) is 5.65 Å². The Balaban J connectivity index is 1.71. The zero-order valence-corrected chi connectivity index (χ0v) is 15.6. The van der Waals surface area contributed by atoms with E-state index in [2.05, 4.69) is 15.1 Å². The van der Waals surface area contributed by atoms with Gasteiger partial charge in [0.25, 0.3) is 0 Å². The van der Waals surface area contributed by atoms with Gasteiger partial charge in [0, 0.05) is 18.8 Å². The first-order valence-electron chi connectivity index (χ1n) is 8.80. The first-order chi connectivity index (χ1) is 13.2. The van der Waals surface area contributed by atoms with Gasteiger partial charge in [-0.25, -0.2) is 9.67 Å². The maximum atomic E-state index is 11.4. The lowest BCUT2D eigenvalue weighted by Crippen LogP contribution is -2.20. The number of hydrogen-bond acceptors (Lipinski definition) is 6. The predicted molar refractivity (Wildman–Crippen MR) is 101 cm³/mol. The Kier molecular flexibility index (Phi) is 5.05. The van der Waals surface area contributed by atoms with E-state index in [1.807, 2.05) is 28.9 Å². The fourth-order valence-electron chi connectivity index (χ4n) is 3.34. The fraction of sp³-hybridized carbons (Fsp3) is 0.368. The molecule has 0 unspecified atom stereocenters. The number of carbonyl (C=O) groups is 1. The third kappa shape index (κ3) is 3.65. The van der Waals surface area contributed by atoms with Gasteiger partial charge < -0.3 is 9.47 Å². The summed E-state index contributed by atoms with van der Waals surface area (Å²) in [5.41, 5.74) is 3.23. The van der Waals surface area contributed by atoms with Gasteiger partial charge in [-0.1, -0.05) is 24.3 Å². The van der Waals surface area contributed by atoms with Crippen LogP contribution in [0.2, 0.25) is 5.28 Å². The van der Waals surface area contributed by atoms with Crippen molar-refractivity contribution in [3.8, 4) is 11.3 Å². The summed E-state index contributed by atoms with van der Waals surface area (Å²) in [5, 5.41) is 5.59. The van der Waals surface area contributed by atoms with Gasteiger partial charge in [-0.3, -0.25) is 4.79 Å². The molecular weight excluding hydrogens is 368 g/mol. The van der Waals surface area contributed by atoms with E-state index in [0.717, 1.165) is 53.9 Å². The van der Waals surface area contributed by atoms with Crippen molar-refractivity contribution >= 4 is 28.6 Å². The molecule has 2 aromatic heterocycles. The lowest BCUT2D eigenvalue weighted by molar-refractivity contribution is -0.139. The van der Waals surface area contributed by atoms with Gasteiger partial charge in [-0.15, -0.1) is 0 Å². The summed E-state index contributed by atoms with van der Waals surface area (Å²) < 4.78 is 12.1. The summed E-state index contributed by atoms with van der Waals surface area (Å²) >= 11 is 6.21. The fourth-order valence-corrected chi connectivity index (χ4v) is 3.50. The number of hydrogen-bond donors (Lipinski definition) is 0. The molecule has 0 saturated carbocycles. The van der Waals surface area contributed by atoms with Crippen LogP contribution >= 0.6 is 11.6 Å². The highest BCUT2D eigenvalue weighted by molar-refractivity contribution is 6.28. The van der Waals surface area contributed by atoms with E-state index < -0.39 is 0 Å². The van der Waals surface area contributed by atoms with Crippen LogP contribution in [-0.4, -0.2) is 46.0 Å². The minimum absolute atomic E-state index is 0.185. The average molecular weight is 387 g/mol. The summed E-state index contributed by atoms with van der Waals surface area (Å²) in [5.74, 6) is -0.270.